The Hall–Kier alpha value is -1.76. The average molecular weight is 236 g/mol. The van der Waals surface area contributed by atoms with E-state index in [1.165, 1.54) is 11.8 Å². The van der Waals surface area contributed by atoms with Gasteiger partial charge in [-0.05, 0) is 18.7 Å². The van der Waals surface area contributed by atoms with E-state index >= 15 is 0 Å². The summed E-state index contributed by atoms with van der Waals surface area (Å²) in [4.78, 5) is 13.0. The van der Waals surface area contributed by atoms with Crippen LogP contribution in [0.2, 0.25) is 0 Å². The minimum Gasteiger partial charge on any atom is -0.383 e. The van der Waals surface area contributed by atoms with Gasteiger partial charge >= 0.3 is 0 Å². The third-order valence-corrected chi connectivity index (χ3v) is 3.24. The van der Waals surface area contributed by atoms with Gasteiger partial charge in [0.2, 0.25) is 5.95 Å². The normalized spacial score (nSPS) is 10.9. The topological polar surface area (TPSA) is 117 Å². The smallest absolute Gasteiger partial charge is 0.224 e. The van der Waals surface area contributed by atoms with Gasteiger partial charge in [0.15, 0.2) is 5.65 Å². The van der Waals surface area contributed by atoms with Crippen LogP contribution in [0, 0.1) is 6.92 Å². The van der Waals surface area contributed by atoms with E-state index in [0.717, 1.165) is 10.5 Å². The van der Waals surface area contributed by atoms with Crippen LogP contribution < -0.4 is 17.2 Å². The molecule has 0 spiro atoms. The fraction of sp³-hybridized carbons (Fsp3) is 0.222. The number of nitrogens with zero attached hydrogens (tertiary/aromatic N) is 3. The van der Waals surface area contributed by atoms with Crippen molar-refractivity contribution in [1.29, 1.82) is 0 Å². The summed E-state index contributed by atoms with van der Waals surface area (Å²) in [6.45, 7) is 1.92. The molecule has 2 rings (SSSR count). The lowest BCUT2D eigenvalue weighted by molar-refractivity contribution is 1.16. The Bertz CT molecular complexity index is 568. The summed E-state index contributed by atoms with van der Waals surface area (Å²) in [7, 11) is 0. The number of aromatic nitrogens is 3. The first-order chi connectivity index (χ1) is 7.54. The second-order valence-electron chi connectivity index (χ2n) is 3.32. The Morgan fingerprint density at radius 1 is 1.00 bits per heavy atom. The number of fused-ring (bicyclic) bond motifs is 1. The lowest BCUT2D eigenvalue weighted by Crippen LogP contribution is -2.05. The molecule has 6 N–H and O–H groups in total. The van der Waals surface area contributed by atoms with Gasteiger partial charge < -0.3 is 17.2 Å². The van der Waals surface area contributed by atoms with Crippen molar-refractivity contribution >= 4 is 40.4 Å². The third-order valence-electron chi connectivity index (χ3n) is 2.31. The lowest BCUT2D eigenvalue weighted by atomic mass is 10.2. The van der Waals surface area contributed by atoms with Gasteiger partial charge in [0.1, 0.15) is 11.6 Å². The molecular formula is C9H12N6S. The first kappa shape index (κ1) is 10.7. The summed E-state index contributed by atoms with van der Waals surface area (Å²) in [5.74, 6) is 0.881. The van der Waals surface area contributed by atoms with Crippen LogP contribution in [0.15, 0.2) is 4.90 Å². The number of hydrogen-bond donors (Lipinski definition) is 3. The molecule has 7 heteroatoms. The van der Waals surface area contributed by atoms with E-state index in [2.05, 4.69) is 15.0 Å². The van der Waals surface area contributed by atoms with Crippen molar-refractivity contribution in [3.8, 4) is 0 Å². The van der Waals surface area contributed by atoms with Gasteiger partial charge in [-0.1, -0.05) is 0 Å². The molecule has 0 aliphatic carbocycles. The molecule has 0 aromatic carbocycles. The van der Waals surface area contributed by atoms with Crippen molar-refractivity contribution in [2.24, 2.45) is 0 Å². The number of rotatable bonds is 1. The zero-order chi connectivity index (χ0) is 11.9. The van der Waals surface area contributed by atoms with Crippen molar-refractivity contribution in [3.63, 3.8) is 0 Å². The Balaban J connectivity index is 2.93. The minimum absolute atomic E-state index is 0.105. The maximum Gasteiger partial charge on any atom is 0.224 e. The predicted octanol–water partition coefficient (Wildman–Crippen LogP) is 0.802. The first-order valence-corrected chi connectivity index (χ1v) is 5.79. The molecule has 2 heterocycles. The molecule has 0 saturated heterocycles. The number of nitrogens with two attached hydrogens (primary N) is 3. The van der Waals surface area contributed by atoms with Gasteiger partial charge in [-0.3, -0.25) is 0 Å². The molecule has 84 valence electrons. The number of aryl methyl sites for hydroxylation is 1. The van der Waals surface area contributed by atoms with Crippen LogP contribution in [0.4, 0.5) is 17.6 Å². The van der Waals surface area contributed by atoms with Gasteiger partial charge in [-0.2, -0.15) is 9.97 Å². The monoisotopic (exact) mass is 236 g/mol. The van der Waals surface area contributed by atoms with Crippen molar-refractivity contribution in [2.45, 2.75) is 11.8 Å². The highest BCUT2D eigenvalue weighted by Crippen LogP contribution is 2.32. The maximum atomic E-state index is 5.82. The number of anilines is 3. The molecular weight excluding hydrogens is 224 g/mol. The summed E-state index contributed by atoms with van der Waals surface area (Å²) in [6.07, 6.45) is 1.93. The summed E-state index contributed by atoms with van der Waals surface area (Å²) in [6, 6.07) is 0. The molecule has 0 bridgehead atoms. The molecule has 16 heavy (non-hydrogen) atoms. The number of thioether (sulfide) groups is 1. The number of nitrogen functional groups attached to an aromatic ring is 3. The van der Waals surface area contributed by atoms with Gasteiger partial charge in [0.25, 0.3) is 0 Å². The van der Waals surface area contributed by atoms with E-state index in [0.29, 0.717) is 22.7 Å². The van der Waals surface area contributed by atoms with Crippen LogP contribution in [0.1, 0.15) is 5.56 Å². The van der Waals surface area contributed by atoms with Crippen LogP contribution in [0.25, 0.3) is 11.0 Å². The van der Waals surface area contributed by atoms with Crippen molar-refractivity contribution in [1.82, 2.24) is 15.0 Å². The molecule has 6 nitrogen and oxygen atoms in total. The molecule has 0 aliphatic heterocycles. The van der Waals surface area contributed by atoms with E-state index in [9.17, 15) is 0 Å². The van der Waals surface area contributed by atoms with E-state index < -0.39 is 0 Å². The molecule has 0 fully saturated rings. The molecule has 2 aromatic heterocycles. The Labute approximate surface area is 96.6 Å². The molecule has 0 radical (unpaired) electrons. The summed E-state index contributed by atoms with van der Waals surface area (Å²) < 4.78 is 0. The van der Waals surface area contributed by atoms with Crippen molar-refractivity contribution in [2.75, 3.05) is 23.5 Å². The van der Waals surface area contributed by atoms with Crippen LogP contribution in [0.3, 0.4) is 0 Å². The Morgan fingerprint density at radius 2 is 1.69 bits per heavy atom. The molecule has 0 unspecified atom stereocenters. The van der Waals surface area contributed by atoms with Gasteiger partial charge in [-0.25, -0.2) is 4.98 Å². The predicted molar refractivity (Wildman–Crippen MR) is 67.1 cm³/mol. The van der Waals surface area contributed by atoms with Crippen LogP contribution in [0.5, 0.6) is 0 Å². The standard InChI is InChI=1S/C9H12N6S/c1-3-4-6(10)14-9(12)15-8(4)13-7(11)5(3)16-2/h1-2H3,(H6,10,11,12,13,14,15). The van der Waals surface area contributed by atoms with E-state index in [1.54, 1.807) is 0 Å². The van der Waals surface area contributed by atoms with Crippen molar-refractivity contribution < 1.29 is 0 Å². The molecule has 0 saturated carbocycles. The first-order valence-electron chi connectivity index (χ1n) is 4.57. The Morgan fingerprint density at radius 3 is 2.31 bits per heavy atom. The van der Waals surface area contributed by atoms with Gasteiger partial charge in [0, 0.05) is 0 Å². The third kappa shape index (κ3) is 1.49. The second-order valence-corrected chi connectivity index (χ2v) is 4.14. The van der Waals surface area contributed by atoms with E-state index in [1.807, 2.05) is 13.2 Å². The van der Waals surface area contributed by atoms with Crippen molar-refractivity contribution in [3.05, 3.63) is 5.56 Å². The highest BCUT2D eigenvalue weighted by atomic mass is 32.2. The quantitative estimate of drug-likeness (QED) is 0.627. The summed E-state index contributed by atoms with van der Waals surface area (Å²) in [5, 5.41) is 0.716. The van der Waals surface area contributed by atoms with Crippen LogP contribution >= 0.6 is 11.8 Å². The molecule has 2 aromatic rings. The highest BCUT2D eigenvalue weighted by Gasteiger charge is 2.13. The highest BCUT2D eigenvalue weighted by molar-refractivity contribution is 7.98. The summed E-state index contributed by atoms with van der Waals surface area (Å²) in [5.41, 5.74) is 18.5. The minimum atomic E-state index is 0.105. The zero-order valence-electron chi connectivity index (χ0n) is 8.98. The second kappa shape index (κ2) is 3.67. The lowest BCUT2D eigenvalue weighted by Gasteiger charge is -2.10. The average Bonchev–Trinajstić information content (AvgIpc) is 2.15. The number of hydrogen-bond acceptors (Lipinski definition) is 7. The fourth-order valence-electron chi connectivity index (χ4n) is 1.65. The van der Waals surface area contributed by atoms with Crippen LogP contribution in [-0.2, 0) is 0 Å². The largest absolute Gasteiger partial charge is 0.383 e. The maximum absolute atomic E-state index is 5.82. The van der Waals surface area contributed by atoms with Gasteiger partial charge in [-0.15, -0.1) is 11.8 Å². The summed E-state index contributed by atoms with van der Waals surface area (Å²) >= 11 is 1.52. The van der Waals surface area contributed by atoms with E-state index in [4.69, 9.17) is 17.2 Å². The number of pyridine rings is 1. The molecule has 0 atom stereocenters. The van der Waals surface area contributed by atoms with Crippen LogP contribution in [-0.4, -0.2) is 21.2 Å². The SMILES string of the molecule is CSc1c(N)nc2nc(N)nc(N)c2c1C. The van der Waals surface area contributed by atoms with Gasteiger partial charge in [0.05, 0.1) is 10.3 Å². The fourth-order valence-corrected chi connectivity index (χ4v) is 2.32. The van der Waals surface area contributed by atoms with E-state index in [-0.39, 0.29) is 5.95 Å². The Kier molecular flexibility index (Phi) is 2.47. The molecule has 0 aliphatic rings. The molecule has 0 amide bonds. The zero-order valence-corrected chi connectivity index (χ0v) is 9.80.